The number of hydrogen-bond acceptors (Lipinski definition) is 3. The van der Waals surface area contributed by atoms with Crippen LogP contribution in [0.3, 0.4) is 0 Å². The molecule has 1 aromatic heterocycles. The molecule has 0 bridgehead atoms. The number of nitrogens with two attached hydrogens (primary N) is 1. The summed E-state index contributed by atoms with van der Waals surface area (Å²) in [7, 11) is 2.05. The van der Waals surface area contributed by atoms with Crippen LogP contribution in [0, 0.1) is 0 Å². The van der Waals surface area contributed by atoms with Crippen molar-refractivity contribution in [2.45, 2.75) is 18.9 Å². The van der Waals surface area contributed by atoms with E-state index in [2.05, 4.69) is 34.3 Å². The van der Waals surface area contributed by atoms with Crippen molar-refractivity contribution >= 4 is 17.0 Å². The topological polar surface area (TPSA) is 69.3 Å². The van der Waals surface area contributed by atoms with Gasteiger partial charge < -0.3 is 20.4 Å². The number of nitrogens with one attached hydrogen (secondary N) is 1. The maximum Gasteiger partial charge on any atom is 0.407 e. The average molecular weight is 273 g/mol. The molecule has 3 rings (SSSR count). The zero-order valence-electron chi connectivity index (χ0n) is 11.6. The maximum atomic E-state index is 11.0. The van der Waals surface area contributed by atoms with Crippen LogP contribution in [0.1, 0.15) is 11.1 Å². The summed E-state index contributed by atoms with van der Waals surface area (Å²) in [6.07, 6.45) is 3.49. The third-order valence-corrected chi connectivity index (χ3v) is 3.77. The minimum Gasteiger partial charge on any atom is -0.447 e. The van der Waals surface area contributed by atoms with Crippen LogP contribution in [0.5, 0.6) is 0 Å². The molecule has 20 heavy (non-hydrogen) atoms. The monoisotopic (exact) mass is 273 g/mol. The van der Waals surface area contributed by atoms with Gasteiger partial charge in [-0.3, -0.25) is 0 Å². The Hall–Kier alpha value is -2.01. The molecular formula is C15H19N3O2. The Labute approximate surface area is 117 Å². The lowest BCUT2D eigenvalue weighted by Crippen LogP contribution is -2.28. The Bertz CT molecular complexity index is 648. The van der Waals surface area contributed by atoms with Crippen molar-refractivity contribution in [2.75, 3.05) is 13.2 Å². The summed E-state index contributed by atoms with van der Waals surface area (Å²) in [6.45, 7) is 1.09. The van der Waals surface area contributed by atoms with Gasteiger partial charge in [0.25, 0.3) is 0 Å². The van der Waals surface area contributed by atoms with Gasteiger partial charge in [0.1, 0.15) is 6.61 Å². The number of fused-ring (bicyclic) bond motifs is 1. The Kier molecular flexibility index (Phi) is 3.36. The number of carbonyl (C=O) groups excluding carboxylic acids is 1. The molecule has 1 aliphatic rings. The number of aryl methyl sites for hydroxylation is 1. The lowest BCUT2D eigenvalue weighted by Gasteiger charge is -2.08. The number of alkyl carbamates (subject to hydrolysis) is 1. The molecule has 1 amide bonds. The number of nitrogens with zero attached hydrogens (tertiary/aromatic N) is 1. The maximum absolute atomic E-state index is 11.0. The van der Waals surface area contributed by atoms with Gasteiger partial charge in [0.05, 0.1) is 6.04 Å². The van der Waals surface area contributed by atoms with E-state index in [-0.39, 0.29) is 12.1 Å². The van der Waals surface area contributed by atoms with E-state index >= 15 is 0 Å². The highest BCUT2D eigenvalue weighted by Gasteiger charge is 2.22. The molecule has 0 aliphatic carbocycles. The summed E-state index contributed by atoms with van der Waals surface area (Å²) in [6, 6.07) is 6.51. The SMILES string of the molecule is Cn1cc(CCN)c2cc(CC3COC(=O)N3)ccc21. The van der Waals surface area contributed by atoms with Gasteiger partial charge in [0.2, 0.25) is 0 Å². The van der Waals surface area contributed by atoms with E-state index in [1.807, 2.05) is 7.05 Å². The number of amides is 1. The second-order valence-corrected chi connectivity index (χ2v) is 5.30. The first-order valence-corrected chi connectivity index (χ1v) is 6.87. The Morgan fingerprint density at radius 2 is 2.35 bits per heavy atom. The number of carbonyl (C=O) groups is 1. The fraction of sp³-hybridized carbons (Fsp3) is 0.400. The van der Waals surface area contributed by atoms with Crippen molar-refractivity contribution in [3.05, 3.63) is 35.5 Å². The number of rotatable bonds is 4. The molecule has 3 N–H and O–H groups in total. The fourth-order valence-electron chi connectivity index (χ4n) is 2.82. The molecule has 1 saturated heterocycles. The van der Waals surface area contributed by atoms with Gasteiger partial charge in [-0.05, 0) is 42.6 Å². The quantitative estimate of drug-likeness (QED) is 0.883. The van der Waals surface area contributed by atoms with Gasteiger partial charge in [0, 0.05) is 24.1 Å². The Morgan fingerprint density at radius 1 is 1.50 bits per heavy atom. The third-order valence-electron chi connectivity index (χ3n) is 3.77. The van der Waals surface area contributed by atoms with E-state index in [1.165, 1.54) is 22.0 Å². The lowest BCUT2D eigenvalue weighted by molar-refractivity contribution is 0.177. The summed E-state index contributed by atoms with van der Waals surface area (Å²) in [5.41, 5.74) is 9.37. The van der Waals surface area contributed by atoms with Gasteiger partial charge in [-0.1, -0.05) is 6.07 Å². The summed E-state index contributed by atoms with van der Waals surface area (Å²) < 4.78 is 7.05. The molecule has 1 aliphatic heterocycles. The van der Waals surface area contributed by atoms with E-state index in [9.17, 15) is 4.79 Å². The average Bonchev–Trinajstić information content (AvgIpc) is 2.95. The number of ether oxygens (including phenoxy) is 1. The highest BCUT2D eigenvalue weighted by molar-refractivity contribution is 5.84. The van der Waals surface area contributed by atoms with Crippen LogP contribution >= 0.6 is 0 Å². The molecule has 0 saturated carbocycles. The van der Waals surface area contributed by atoms with Crippen LogP contribution in [-0.2, 0) is 24.6 Å². The summed E-state index contributed by atoms with van der Waals surface area (Å²) in [4.78, 5) is 11.0. The van der Waals surface area contributed by atoms with E-state index in [1.54, 1.807) is 0 Å². The molecule has 5 nitrogen and oxygen atoms in total. The van der Waals surface area contributed by atoms with E-state index in [4.69, 9.17) is 10.5 Å². The van der Waals surface area contributed by atoms with Crippen molar-refractivity contribution < 1.29 is 9.53 Å². The predicted molar refractivity (Wildman–Crippen MR) is 77.7 cm³/mol. The van der Waals surface area contributed by atoms with Gasteiger partial charge in [-0.25, -0.2) is 4.79 Å². The van der Waals surface area contributed by atoms with E-state index < -0.39 is 0 Å². The molecular weight excluding hydrogens is 254 g/mol. The molecule has 1 fully saturated rings. The highest BCUT2D eigenvalue weighted by Crippen LogP contribution is 2.23. The smallest absolute Gasteiger partial charge is 0.407 e. The first kappa shape index (κ1) is 13.0. The Morgan fingerprint density at radius 3 is 3.05 bits per heavy atom. The van der Waals surface area contributed by atoms with Crippen LogP contribution < -0.4 is 11.1 Å². The summed E-state index contributed by atoms with van der Waals surface area (Å²) in [5.74, 6) is 0. The zero-order chi connectivity index (χ0) is 14.1. The summed E-state index contributed by atoms with van der Waals surface area (Å²) >= 11 is 0. The second-order valence-electron chi connectivity index (χ2n) is 5.30. The fourth-order valence-corrected chi connectivity index (χ4v) is 2.82. The minimum atomic E-state index is -0.320. The molecule has 2 aromatic rings. The largest absolute Gasteiger partial charge is 0.447 e. The molecule has 2 heterocycles. The first-order chi connectivity index (χ1) is 9.67. The minimum absolute atomic E-state index is 0.0709. The third kappa shape index (κ3) is 2.36. The van der Waals surface area contributed by atoms with Crippen LogP contribution in [-0.4, -0.2) is 29.9 Å². The number of benzene rings is 1. The molecule has 5 heteroatoms. The van der Waals surface area contributed by atoms with Gasteiger partial charge >= 0.3 is 6.09 Å². The molecule has 0 radical (unpaired) electrons. The molecule has 106 valence electrons. The molecule has 1 atom stereocenters. The van der Waals surface area contributed by atoms with Crippen LogP contribution in [0.2, 0.25) is 0 Å². The lowest BCUT2D eigenvalue weighted by atomic mass is 10.0. The van der Waals surface area contributed by atoms with Crippen LogP contribution in [0.25, 0.3) is 10.9 Å². The summed E-state index contributed by atoms with van der Waals surface area (Å²) in [5, 5.41) is 4.06. The first-order valence-electron chi connectivity index (χ1n) is 6.87. The molecule has 1 unspecified atom stereocenters. The van der Waals surface area contributed by atoms with Crippen LogP contribution in [0.15, 0.2) is 24.4 Å². The van der Waals surface area contributed by atoms with Crippen molar-refractivity contribution in [3.63, 3.8) is 0 Å². The van der Waals surface area contributed by atoms with Gasteiger partial charge in [-0.2, -0.15) is 0 Å². The normalized spacial score (nSPS) is 18.3. The van der Waals surface area contributed by atoms with Gasteiger partial charge in [-0.15, -0.1) is 0 Å². The zero-order valence-corrected chi connectivity index (χ0v) is 11.6. The van der Waals surface area contributed by atoms with E-state index in [0.29, 0.717) is 13.2 Å². The van der Waals surface area contributed by atoms with Crippen molar-refractivity contribution in [3.8, 4) is 0 Å². The standard InChI is InChI=1S/C15H19N3O2/c1-18-8-11(4-5-16)13-7-10(2-3-14(13)18)6-12-9-20-15(19)17-12/h2-3,7-8,12H,4-6,9,16H2,1H3,(H,17,19). The number of cyclic esters (lactones) is 1. The number of aromatic nitrogens is 1. The molecule has 1 aromatic carbocycles. The predicted octanol–water partition coefficient (Wildman–Crippen LogP) is 1.33. The highest BCUT2D eigenvalue weighted by atomic mass is 16.6. The van der Waals surface area contributed by atoms with Crippen LogP contribution in [0.4, 0.5) is 4.79 Å². The second kappa shape index (κ2) is 5.17. The van der Waals surface area contributed by atoms with Crippen molar-refractivity contribution in [2.24, 2.45) is 12.8 Å². The van der Waals surface area contributed by atoms with E-state index in [0.717, 1.165) is 12.8 Å². The number of hydrogen-bond donors (Lipinski definition) is 2. The van der Waals surface area contributed by atoms with Crippen molar-refractivity contribution in [1.29, 1.82) is 0 Å². The van der Waals surface area contributed by atoms with Crippen molar-refractivity contribution in [1.82, 2.24) is 9.88 Å². The Balaban J connectivity index is 1.89. The van der Waals surface area contributed by atoms with Gasteiger partial charge in [0.15, 0.2) is 0 Å². The molecule has 0 spiro atoms.